The number of fused-ring (bicyclic) bond motifs is 3. The number of benzene rings is 1. The monoisotopic (exact) mass is 342 g/mol. The Morgan fingerprint density at radius 3 is 2.92 bits per heavy atom. The first-order chi connectivity index (χ1) is 12.1. The molecule has 0 spiro atoms. The minimum atomic E-state index is -0.935. The van der Waals surface area contributed by atoms with Gasteiger partial charge in [0.05, 0.1) is 18.8 Å². The van der Waals surface area contributed by atoms with Crippen molar-refractivity contribution >= 4 is 11.6 Å². The lowest BCUT2D eigenvalue weighted by molar-refractivity contribution is -0.162. The lowest BCUT2D eigenvalue weighted by atomic mass is 9.75. The zero-order chi connectivity index (χ0) is 17.6. The molecule has 3 aliphatic rings. The summed E-state index contributed by atoms with van der Waals surface area (Å²) in [4.78, 5) is 16.4. The molecular formula is C20H23FN2O2. The molecule has 1 saturated carbocycles. The van der Waals surface area contributed by atoms with E-state index in [9.17, 15) is 4.79 Å². The molecule has 132 valence electrons. The summed E-state index contributed by atoms with van der Waals surface area (Å²) in [6.07, 6.45) is 7.88. The van der Waals surface area contributed by atoms with Gasteiger partial charge in [-0.3, -0.25) is 9.69 Å². The maximum atomic E-state index is 15.0. The van der Waals surface area contributed by atoms with E-state index in [1.165, 1.54) is 0 Å². The Bertz CT molecular complexity index is 744. The summed E-state index contributed by atoms with van der Waals surface area (Å²) in [5.41, 5.74) is 1.43. The Morgan fingerprint density at radius 1 is 1.36 bits per heavy atom. The maximum Gasteiger partial charge on any atom is 0.241 e. The highest BCUT2D eigenvalue weighted by Crippen LogP contribution is 2.51. The molecule has 4 nitrogen and oxygen atoms in total. The van der Waals surface area contributed by atoms with Crippen LogP contribution in [0.3, 0.4) is 0 Å². The standard InChI is InChI=1S/C20H23FN2O2/c1-3-14-8-9-18-16(12-14)20(15-6-4-5-7-17(15)21)23(10-11-25-20)13-19(24)22(18)2/h1,8-9,12,15,17H,4-7,10-11,13H2,2H3. The predicted molar refractivity (Wildman–Crippen MR) is 93.8 cm³/mol. The van der Waals surface area contributed by atoms with Crippen LogP contribution in [0.25, 0.3) is 0 Å². The molecule has 1 amide bonds. The molecule has 0 radical (unpaired) electrons. The number of hydrogen-bond donors (Lipinski definition) is 0. The Kier molecular flexibility index (Phi) is 4.05. The van der Waals surface area contributed by atoms with Gasteiger partial charge in [0.15, 0.2) is 5.72 Å². The van der Waals surface area contributed by atoms with Crippen LogP contribution in [0.15, 0.2) is 18.2 Å². The average Bonchev–Trinajstić information content (AvgIpc) is 3.01. The molecule has 2 aliphatic heterocycles. The van der Waals surface area contributed by atoms with E-state index in [2.05, 4.69) is 5.92 Å². The zero-order valence-corrected chi connectivity index (χ0v) is 14.5. The summed E-state index contributed by atoms with van der Waals surface area (Å²) in [5.74, 6) is 2.37. The van der Waals surface area contributed by atoms with Gasteiger partial charge in [0.2, 0.25) is 5.91 Å². The number of hydrogen-bond acceptors (Lipinski definition) is 3. The van der Waals surface area contributed by atoms with Crippen molar-refractivity contribution in [1.29, 1.82) is 0 Å². The van der Waals surface area contributed by atoms with Crippen molar-refractivity contribution in [1.82, 2.24) is 4.90 Å². The minimum Gasteiger partial charge on any atom is -0.354 e. The van der Waals surface area contributed by atoms with Crippen molar-refractivity contribution in [2.75, 3.05) is 31.6 Å². The van der Waals surface area contributed by atoms with Crippen molar-refractivity contribution < 1.29 is 13.9 Å². The van der Waals surface area contributed by atoms with Gasteiger partial charge in [0.1, 0.15) is 6.17 Å². The molecule has 2 heterocycles. The first-order valence-electron chi connectivity index (χ1n) is 8.98. The first kappa shape index (κ1) is 16.6. The summed E-state index contributed by atoms with van der Waals surface area (Å²) in [7, 11) is 1.76. The van der Waals surface area contributed by atoms with Gasteiger partial charge < -0.3 is 9.64 Å². The van der Waals surface area contributed by atoms with Gasteiger partial charge in [0, 0.05) is 30.6 Å². The minimum absolute atomic E-state index is 0.00620. The SMILES string of the molecule is C#Cc1ccc2c(c1)C1(C3CCCCC3F)OCCN1CC(=O)N2C. The lowest BCUT2D eigenvalue weighted by Gasteiger charge is -2.45. The van der Waals surface area contributed by atoms with E-state index in [1.807, 2.05) is 23.1 Å². The van der Waals surface area contributed by atoms with Gasteiger partial charge in [-0.2, -0.15) is 0 Å². The van der Waals surface area contributed by atoms with Crippen LogP contribution in [0.5, 0.6) is 0 Å². The number of likely N-dealkylation sites (N-methyl/N-ethyl adjacent to an activating group) is 1. The number of halogens is 1. The van der Waals surface area contributed by atoms with Crippen LogP contribution in [-0.2, 0) is 15.3 Å². The Balaban J connectivity index is 1.95. The number of ether oxygens (including phenoxy) is 1. The van der Waals surface area contributed by atoms with Crippen LogP contribution < -0.4 is 4.90 Å². The van der Waals surface area contributed by atoms with Crippen molar-refractivity contribution in [2.24, 2.45) is 5.92 Å². The zero-order valence-electron chi connectivity index (χ0n) is 14.5. The van der Waals surface area contributed by atoms with Crippen molar-refractivity contribution in [3.63, 3.8) is 0 Å². The molecule has 2 fully saturated rings. The van der Waals surface area contributed by atoms with Crippen molar-refractivity contribution in [2.45, 2.75) is 37.6 Å². The van der Waals surface area contributed by atoms with Crippen molar-refractivity contribution in [3.8, 4) is 12.3 Å². The molecule has 0 aromatic heterocycles. The van der Waals surface area contributed by atoms with E-state index < -0.39 is 11.9 Å². The highest BCUT2D eigenvalue weighted by molar-refractivity contribution is 5.96. The highest BCUT2D eigenvalue weighted by Gasteiger charge is 2.56. The third-order valence-corrected chi connectivity index (χ3v) is 5.95. The summed E-state index contributed by atoms with van der Waals surface area (Å²) >= 11 is 0. The molecule has 3 atom stereocenters. The molecule has 1 aromatic carbocycles. The molecule has 25 heavy (non-hydrogen) atoms. The van der Waals surface area contributed by atoms with Crippen LogP contribution in [0.4, 0.5) is 10.1 Å². The fourth-order valence-corrected chi connectivity index (χ4v) is 4.69. The summed E-state index contributed by atoms with van der Waals surface area (Å²) in [6, 6.07) is 5.60. The molecule has 0 N–H and O–H groups in total. The second-order valence-corrected chi connectivity index (χ2v) is 7.20. The fraction of sp³-hybridized carbons (Fsp3) is 0.550. The molecule has 3 unspecified atom stereocenters. The smallest absolute Gasteiger partial charge is 0.241 e. The largest absolute Gasteiger partial charge is 0.354 e. The quantitative estimate of drug-likeness (QED) is 0.736. The fourth-order valence-electron chi connectivity index (χ4n) is 4.69. The van der Waals surface area contributed by atoms with Crippen LogP contribution >= 0.6 is 0 Å². The normalized spacial score (nSPS) is 32.7. The maximum absolute atomic E-state index is 15.0. The Hall–Kier alpha value is -1.90. The van der Waals surface area contributed by atoms with E-state index in [4.69, 9.17) is 11.2 Å². The van der Waals surface area contributed by atoms with Gasteiger partial charge in [-0.25, -0.2) is 4.39 Å². The van der Waals surface area contributed by atoms with Gasteiger partial charge in [-0.1, -0.05) is 18.8 Å². The van der Waals surface area contributed by atoms with Gasteiger partial charge >= 0.3 is 0 Å². The average molecular weight is 342 g/mol. The van der Waals surface area contributed by atoms with Crippen molar-refractivity contribution in [3.05, 3.63) is 29.3 Å². The number of nitrogens with zero attached hydrogens (tertiary/aromatic N) is 2. The van der Waals surface area contributed by atoms with E-state index in [0.29, 0.717) is 19.6 Å². The van der Waals surface area contributed by atoms with Gasteiger partial charge in [0.25, 0.3) is 0 Å². The van der Waals surface area contributed by atoms with Crippen LogP contribution in [-0.4, -0.2) is 43.7 Å². The number of terminal acetylenes is 1. The number of rotatable bonds is 1. The second kappa shape index (κ2) is 6.12. The number of alkyl halides is 1. The van der Waals surface area contributed by atoms with E-state index >= 15 is 4.39 Å². The molecule has 1 aromatic rings. The van der Waals surface area contributed by atoms with Gasteiger partial charge in [-0.15, -0.1) is 6.42 Å². The Morgan fingerprint density at radius 2 is 2.16 bits per heavy atom. The number of carbonyl (C=O) groups excluding carboxylic acids is 1. The third-order valence-electron chi connectivity index (χ3n) is 5.95. The molecule has 5 heteroatoms. The predicted octanol–water partition coefficient (Wildman–Crippen LogP) is 2.66. The van der Waals surface area contributed by atoms with Crippen LogP contribution in [0.2, 0.25) is 0 Å². The molecular weight excluding hydrogens is 319 g/mol. The summed E-state index contributed by atoms with van der Waals surface area (Å²) in [6.45, 7) is 1.36. The first-order valence-corrected chi connectivity index (χ1v) is 8.98. The van der Waals surface area contributed by atoms with Crippen LogP contribution in [0.1, 0.15) is 36.8 Å². The topological polar surface area (TPSA) is 32.8 Å². The van der Waals surface area contributed by atoms with E-state index in [0.717, 1.165) is 36.1 Å². The lowest BCUT2D eigenvalue weighted by Crippen LogP contribution is -2.52. The Labute approximate surface area is 147 Å². The summed E-state index contributed by atoms with van der Waals surface area (Å²) in [5, 5.41) is 0. The summed E-state index contributed by atoms with van der Waals surface area (Å²) < 4.78 is 21.3. The van der Waals surface area contributed by atoms with Gasteiger partial charge in [-0.05, 0) is 31.0 Å². The van der Waals surface area contributed by atoms with E-state index in [1.54, 1.807) is 11.9 Å². The number of amides is 1. The van der Waals surface area contributed by atoms with E-state index in [-0.39, 0.29) is 18.4 Å². The molecule has 0 bridgehead atoms. The molecule has 1 saturated heterocycles. The number of anilines is 1. The second-order valence-electron chi connectivity index (χ2n) is 7.20. The van der Waals surface area contributed by atoms with Crippen LogP contribution in [0, 0.1) is 18.3 Å². The number of carbonyl (C=O) groups is 1. The highest BCUT2D eigenvalue weighted by atomic mass is 19.1. The third kappa shape index (κ3) is 2.39. The molecule has 4 rings (SSSR count). The molecule has 1 aliphatic carbocycles.